The van der Waals surface area contributed by atoms with Crippen LogP contribution in [0.5, 0.6) is 0 Å². The molecule has 0 atom stereocenters. The molecule has 0 spiro atoms. The Kier molecular flexibility index (Phi) is 4.73. The van der Waals surface area contributed by atoms with Crippen molar-refractivity contribution in [3.8, 4) is 11.3 Å². The summed E-state index contributed by atoms with van der Waals surface area (Å²) in [6.45, 7) is 0. The first-order valence-corrected chi connectivity index (χ1v) is 10.2. The maximum absolute atomic E-state index is 12.9. The van der Waals surface area contributed by atoms with Gasteiger partial charge in [0, 0.05) is 36.5 Å². The lowest BCUT2D eigenvalue weighted by Gasteiger charge is -2.09. The molecule has 10 heteroatoms. The Hall–Kier alpha value is -3.40. The van der Waals surface area contributed by atoms with Gasteiger partial charge in [-0.2, -0.15) is 18.3 Å². The first-order chi connectivity index (χ1) is 14.1. The fourth-order valence-corrected chi connectivity index (χ4v) is 4.10. The Morgan fingerprint density at radius 1 is 1.00 bits per heavy atom. The lowest BCUT2D eigenvalue weighted by Crippen LogP contribution is -2.15. The summed E-state index contributed by atoms with van der Waals surface area (Å²) in [7, 11) is -2.61. The van der Waals surface area contributed by atoms with Crippen molar-refractivity contribution in [1.82, 2.24) is 14.8 Å². The number of alkyl halides is 3. The van der Waals surface area contributed by atoms with Crippen LogP contribution in [-0.4, -0.2) is 23.2 Å². The van der Waals surface area contributed by atoms with Gasteiger partial charge >= 0.3 is 6.18 Å². The van der Waals surface area contributed by atoms with Gasteiger partial charge in [-0.1, -0.05) is 18.2 Å². The zero-order valence-electron chi connectivity index (χ0n) is 15.6. The fraction of sp³-hybridized carbons (Fsp3) is 0.100. The third-order valence-corrected chi connectivity index (χ3v) is 5.88. The molecule has 0 aliphatic rings. The van der Waals surface area contributed by atoms with Crippen LogP contribution in [0.4, 0.5) is 19.0 Å². The summed E-state index contributed by atoms with van der Waals surface area (Å²) < 4.78 is 67.6. The van der Waals surface area contributed by atoms with Crippen LogP contribution in [0, 0.1) is 0 Å². The van der Waals surface area contributed by atoms with E-state index in [1.54, 1.807) is 19.4 Å². The van der Waals surface area contributed by atoms with Crippen LogP contribution in [0.15, 0.2) is 71.9 Å². The molecule has 4 rings (SSSR count). The van der Waals surface area contributed by atoms with Gasteiger partial charge in [0.05, 0.1) is 16.2 Å². The second-order valence-electron chi connectivity index (χ2n) is 6.61. The van der Waals surface area contributed by atoms with E-state index in [9.17, 15) is 21.6 Å². The minimum Gasteiger partial charge on any atom is -0.266 e. The van der Waals surface area contributed by atoms with Crippen LogP contribution in [0.25, 0.3) is 22.0 Å². The molecule has 0 saturated carbocycles. The lowest BCUT2D eigenvalue weighted by molar-refractivity contribution is -0.137. The minimum atomic E-state index is -4.64. The van der Waals surface area contributed by atoms with Crippen LogP contribution >= 0.6 is 0 Å². The zero-order chi connectivity index (χ0) is 21.5. The van der Waals surface area contributed by atoms with Crippen molar-refractivity contribution < 1.29 is 21.6 Å². The second-order valence-corrected chi connectivity index (χ2v) is 8.29. The number of aryl methyl sites for hydroxylation is 1. The molecule has 0 unspecified atom stereocenters. The molecular weight excluding hydrogens is 417 g/mol. The van der Waals surface area contributed by atoms with Crippen molar-refractivity contribution in [3.63, 3.8) is 0 Å². The monoisotopic (exact) mass is 432 g/mol. The van der Waals surface area contributed by atoms with Gasteiger partial charge in [0.2, 0.25) is 0 Å². The van der Waals surface area contributed by atoms with Crippen LogP contribution in [-0.2, 0) is 23.2 Å². The summed E-state index contributed by atoms with van der Waals surface area (Å²) in [6.07, 6.45) is -1.24. The molecule has 0 fully saturated rings. The first kappa shape index (κ1) is 19.9. The van der Waals surface area contributed by atoms with Gasteiger partial charge in [-0.15, -0.1) is 0 Å². The molecule has 0 radical (unpaired) electrons. The minimum absolute atomic E-state index is 0.00352. The molecule has 0 aliphatic heterocycles. The van der Waals surface area contributed by atoms with Gasteiger partial charge < -0.3 is 0 Å². The third kappa shape index (κ3) is 3.86. The van der Waals surface area contributed by atoms with Crippen LogP contribution in [0.1, 0.15) is 5.56 Å². The molecule has 0 aliphatic carbocycles. The number of sulfonamides is 1. The summed E-state index contributed by atoms with van der Waals surface area (Å²) in [5.41, 5.74) is 0.370. The standard InChI is InChI=1S/C20H15F3N4O2S/c1-27-18(14-6-5-13-7-8-24-12-15(13)9-14)11-19(25-27)26-30(28,29)17-4-2-3-16(10-17)20(21,22)23/h2-12H,1H3,(H,25,26). The number of aromatic nitrogens is 3. The first-order valence-electron chi connectivity index (χ1n) is 8.72. The number of benzene rings is 2. The number of rotatable bonds is 4. The number of halogens is 3. The molecular formula is C20H15F3N4O2S. The highest BCUT2D eigenvalue weighted by Crippen LogP contribution is 2.31. The number of nitrogens with zero attached hydrogens (tertiary/aromatic N) is 3. The summed E-state index contributed by atoms with van der Waals surface area (Å²) in [4.78, 5) is 3.59. The Labute approximate surface area is 170 Å². The Bertz CT molecular complexity index is 1350. The maximum atomic E-state index is 12.9. The van der Waals surface area contributed by atoms with Crippen molar-refractivity contribution in [2.75, 3.05) is 4.72 Å². The second kappa shape index (κ2) is 7.13. The number of nitrogens with one attached hydrogen (secondary N) is 1. The van der Waals surface area contributed by atoms with E-state index >= 15 is 0 Å². The van der Waals surface area contributed by atoms with Gasteiger partial charge in [0.15, 0.2) is 5.82 Å². The van der Waals surface area contributed by atoms with E-state index in [0.717, 1.165) is 34.5 Å². The van der Waals surface area contributed by atoms with E-state index in [-0.39, 0.29) is 5.82 Å². The topological polar surface area (TPSA) is 76.9 Å². The van der Waals surface area contributed by atoms with Crippen LogP contribution < -0.4 is 4.72 Å². The quantitative estimate of drug-likeness (QED) is 0.517. The Balaban J connectivity index is 1.66. The van der Waals surface area contributed by atoms with E-state index in [1.807, 2.05) is 24.3 Å². The van der Waals surface area contributed by atoms with Crippen molar-refractivity contribution in [2.45, 2.75) is 11.1 Å². The van der Waals surface area contributed by atoms with Crippen LogP contribution in [0.2, 0.25) is 0 Å². The molecule has 154 valence electrons. The summed E-state index contributed by atoms with van der Waals surface area (Å²) in [6, 6.07) is 12.6. The average molecular weight is 432 g/mol. The normalized spacial score (nSPS) is 12.3. The molecule has 0 saturated heterocycles. The Morgan fingerprint density at radius 2 is 1.80 bits per heavy atom. The van der Waals surface area contributed by atoms with Gasteiger partial charge in [-0.25, -0.2) is 8.42 Å². The van der Waals surface area contributed by atoms with Crippen molar-refractivity contribution >= 4 is 26.6 Å². The van der Waals surface area contributed by atoms with E-state index in [4.69, 9.17) is 0 Å². The Morgan fingerprint density at radius 3 is 2.57 bits per heavy atom. The molecule has 2 aromatic heterocycles. The smallest absolute Gasteiger partial charge is 0.266 e. The van der Waals surface area contributed by atoms with Gasteiger partial charge in [0.1, 0.15) is 0 Å². The molecule has 6 nitrogen and oxygen atoms in total. The van der Waals surface area contributed by atoms with Gasteiger partial charge in [-0.3, -0.25) is 14.4 Å². The predicted molar refractivity (Wildman–Crippen MR) is 106 cm³/mol. The highest BCUT2D eigenvalue weighted by Gasteiger charge is 2.31. The maximum Gasteiger partial charge on any atom is 0.416 e. The van der Waals surface area contributed by atoms with Gasteiger partial charge in [-0.05, 0) is 35.7 Å². The highest BCUT2D eigenvalue weighted by atomic mass is 32.2. The zero-order valence-corrected chi connectivity index (χ0v) is 16.4. The summed E-state index contributed by atoms with van der Waals surface area (Å²) in [5.74, 6) is -0.00352. The average Bonchev–Trinajstić information content (AvgIpc) is 3.06. The molecule has 1 N–H and O–H groups in total. The molecule has 2 heterocycles. The number of anilines is 1. The number of pyridine rings is 1. The van der Waals surface area contributed by atoms with E-state index in [1.165, 1.54) is 10.7 Å². The summed E-state index contributed by atoms with van der Waals surface area (Å²) >= 11 is 0. The molecule has 4 aromatic rings. The van der Waals surface area contributed by atoms with Crippen molar-refractivity contribution in [1.29, 1.82) is 0 Å². The van der Waals surface area contributed by atoms with Gasteiger partial charge in [0.25, 0.3) is 10.0 Å². The largest absolute Gasteiger partial charge is 0.416 e. The molecule has 30 heavy (non-hydrogen) atoms. The predicted octanol–water partition coefficient (Wildman–Crippen LogP) is 4.45. The number of fused-ring (bicyclic) bond motifs is 1. The molecule has 2 aromatic carbocycles. The van der Waals surface area contributed by atoms with Crippen LogP contribution in [0.3, 0.4) is 0 Å². The lowest BCUT2D eigenvalue weighted by atomic mass is 10.1. The van der Waals surface area contributed by atoms with E-state index in [2.05, 4.69) is 14.8 Å². The van der Waals surface area contributed by atoms with Crippen molar-refractivity contribution in [2.24, 2.45) is 7.05 Å². The van der Waals surface area contributed by atoms with E-state index in [0.29, 0.717) is 11.8 Å². The van der Waals surface area contributed by atoms with E-state index < -0.39 is 26.7 Å². The molecule has 0 bridgehead atoms. The highest BCUT2D eigenvalue weighted by molar-refractivity contribution is 7.92. The molecule has 0 amide bonds. The summed E-state index contributed by atoms with van der Waals surface area (Å²) in [5, 5.41) is 6.04. The number of hydrogen-bond donors (Lipinski definition) is 1. The third-order valence-electron chi connectivity index (χ3n) is 4.53. The SMILES string of the molecule is Cn1nc(NS(=O)(=O)c2cccc(C(F)(F)F)c2)cc1-c1ccc2ccncc2c1. The number of hydrogen-bond acceptors (Lipinski definition) is 4. The van der Waals surface area contributed by atoms with Crippen molar-refractivity contribution in [3.05, 3.63) is 72.6 Å². The fourth-order valence-electron chi connectivity index (χ4n) is 3.07.